The first kappa shape index (κ1) is 21.1. The summed E-state index contributed by atoms with van der Waals surface area (Å²) in [5.41, 5.74) is 6.49. The zero-order chi connectivity index (χ0) is 20.7. The number of esters is 1. The van der Waals surface area contributed by atoms with Gasteiger partial charge < -0.3 is 25.3 Å². The van der Waals surface area contributed by atoms with E-state index >= 15 is 0 Å². The molecule has 0 spiro atoms. The average molecular weight is 386 g/mol. The third kappa shape index (κ3) is 6.83. The Balaban J connectivity index is 2.02. The van der Waals surface area contributed by atoms with Crippen LogP contribution in [-0.2, 0) is 20.7 Å². The predicted octanol–water partition coefficient (Wildman–Crippen LogP) is 3.67. The van der Waals surface area contributed by atoms with Crippen molar-refractivity contribution in [1.29, 1.82) is 0 Å². The van der Waals surface area contributed by atoms with Crippen molar-refractivity contribution in [3.05, 3.63) is 54.1 Å². The van der Waals surface area contributed by atoms with E-state index in [1.807, 2.05) is 12.1 Å². The zero-order valence-corrected chi connectivity index (χ0v) is 16.5. The molecule has 0 aliphatic heterocycles. The van der Waals surface area contributed by atoms with Gasteiger partial charge in [0.25, 0.3) is 0 Å². The van der Waals surface area contributed by atoms with Gasteiger partial charge in [-0.15, -0.1) is 0 Å². The second-order valence-corrected chi connectivity index (χ2v) is 7.24. The molecule has 7 heteroatoms. The molecule has 3 N–H and O–H groups in total. The number of carbonyl (C=O) groups is 2. The van der Waals surface area contributed by atoms with Crippen LogP contribution >= 0.6 is 0 Å². The topological polar surface area (TPSA) is 99.9 Å². The second-order valence-electron chi connectivity index (χ2n) is 7.24. The molecule has 0 heterocycles. The van der Waals surface area contributed by atoms with Gasteiger partial charge in [0.15, 0.2) is 0 Å². The van der Waals surface area contributed by atoms with Crippen molar-refractivity contribution in [3.63, 3.8) is 0 Å². The number of carbonyl (C=O) groups excluding carboxylic acids is 2. The minimum atomic E-state index is -0.858. The Morgan fingerprint density at radius 2 is 1.54 bits per heavy atom. The smallest absolute Gasteiger partial charge is 0.408 e. The third-order valence-electron chi connectivity index (χ3n) is 3.66. The fraction of sp³-hybridized carbons (Fsp3) is 0.333. The lowest BCUT2D eigenvalue weighted by molar-refractivity contribution is -0.143. The first-order chi connectivity index (χ1) is 13.2. The highest BCUT2D eigenvalue weighted by Gasteiger charge is 2.25. The largest absolute Gasteiger partial charge is 0.467 e. The number of hydrogen-bond acceptors (Lipinski definition) is 6. The molecule has 0 aromatic heterocycles. The molecule has 150 valence electrons. The molecule has 28 heavy (non-hydrogen) atoms. The highest BCUT2D eigenvalue weighted by atomic mass is 16.6. The quantitative estimate of drug-likeness (QED) is 0.580. The number of rotatable bonds is 6. The number of ether oxygens (including phenoxy) is 3. The van der Waals surface area contributed by atoms with Gasteiger partial charge in [-0.3, -0.25) is 0 Å². The molecular weight excluding hydrogens is 360 g/mol. The molecule has 1 atom stereocenters. The van der Waals surface area contributed by atoms with Crippen LogP contribution in [0.4, 0.5) is 10.5 Å². The van der Waals surface area contributed by atoms with Crippen LogP contribution < -0.4 is 15.8 Å². The van der Waals surface area contributed by atoms with E-state index in [-0.39, 0.29) is 6.42 Å². The second kappa shape index (κ2) is 9.12. The van der Waals surface area contributed by atoms with Crippen LogP contribution in [0, 0.1) is 0 Å². The minimum Gasteiger partial charge on any atom is -0.467 e. The summed E-state index contributed by atoms with van der Waals surface area (Å²) >= 11 is 0. The Hall–Kier alpha value is -3.22. The van der Waals surface area contributed by atoms with Gasteiger partial charge in [0.05, 0.1) is 7.11 Å². The summed E-state index contributed by atoms with van der Waals surface area (Å²) in [6.45, 7) is 5.25. The summed E-state index contributed by atoms with van der Waals surface area (Å²) < 4.78 is 15.7. The molecule has 2 aromatic rings. The lowest BCUT2D eigenvalue weighted by atomic mass is 10.1. The van der Waals surface area contributed by atoms with Crippen molar-refractivity contribution in [2.24, 2.45) is 0 Å². The number of anilines is 1. The van der Waals surface area contributed by atoms with E-state index < -0.39 is 23.7 Å². The van der Waals surface area contributed by atoms with E-state index in [0.717, 1.165) is 5.56 Å². The molecule has 1 amide bonds. The molecule has 2 aromatic carbocycles. The summed E-state index contributed by atoms with van der Waals surface area (Å²) in [7, 11) is 1.27. The average Bonchev–Trinajstić information content (AvgIpc) is 2.62. The first-order valence-electron chi connectivity index (χ1n) is 8.86. The van der Waals surface area contributed by atoms with Gasteiger partial charge in [-0.2, -0.15) is 0 Å². The third-order valence-corrected chi connectivity index (χ3v) is 3.66. The van der Waals surface area contributed by atoms with Crippen molar-refractivity contribution in [2.45, 2.75) is 38.8 Å². The van der Waals surface area contributed by atoms with Crippen LogP contribution in [0.5, 0.6) is 11.5 Å². The maximum absolute atomic E-state index is 12.0. The van der Waals surface area contributed by atoms with Crippen LogP contribution in [0.3, 0.4) is 0 Å². The van der Waals surface area contributed by atoms with Gasteiger partial charge in [0.1, 0.15) is 23.1 Å². The van der Waals surface area contributed by atoms with Gasteiger partial charge in [-0.25, -0.2) is 9.59 Å². The minimum absolute atomic E-state index is 0.258. The molecule has 0 aliphatic rings. The number of hydrogen-bond donors (Lipinski definition) is 2. The Kier molecular flexibility index (Phi) is 6.87. The van der Waals surface area contributed by atoms with Crippen molar-refractivity contribution in [2.75, 3.05) is 12.8 Å². The molecule has 0 aliphatic carbocycles. The number of alkyl carbamates (subject to hydrolysis) is 1. The number of nitrogens with one attached hydrogen (secondary N) is 1. The lowest BCUT2D eigenvalue weighted by Crippen LogP contribution is -2.45. The lowest BCUT2D eigenvalue weighted by Gasteiger charge is -2.22. The van der Waals surface area contributed by atoms with Crippen LogP contribution in [0.25, 0.3) is 0 Å². The normalized spacial score (nSPS) is 12.0. The molecule has 0 unspecified atom stereocenters. The Morgan fingerprint density at radius 3 is 2.04 bits per heavy atom. The number of benzene rings is 2. The van der Waals surface area contributed by atoms with E-state index in [4.69, 9.17) is 19.9 Å². The van der Waals surface area contributed by atoms with Gasteiger partial charge >= 0.3 is 12.1 Å². The summed E-state index contributed by atoms with van der Waals surface area (Å²) in [6.07, 6.45) is -0.417. The molecule has 0 fully saturated rings. The Morgan fingerprint density at radius 1 is 1.00 bits per heavy atom. The highest BCUT2D eigenvalue weighted by Crippen LogP contribution is 2.23. The summed E-state index contributed by atoms with van der Waals surface area (Å²) in [5.74, 6) is 0.761. The van der Waals surface area contributed by atoms with Gasteiger partial charge in [-0.1, -0.05) is 12.1 Å². The van der Waals surface area contributed by atoms with Gasteiger partial charge in [0.2, 0.25) is 0 Å². The zero-order valence-electron chi connectivity index (χ0n) is 16.5. The molecule has 0 saturated carbocycles. The van der Waals surface area contributed by atoms with Crippen LogP contribution in [0.2, 0.25) is 0 Å². The molecule has 0 radical (unpaired) electrons. The van der Waals surface area contributed by atoms with Crippen LogP contribution in [0.15, 0.2) is 48.5 Å². The SMILES string of the molecule is COC(=O)[C@@H](Cc1ccc(Oc2ccc(N)cc2)cc1)NC(=O)OC(C)(C)C. The van der Waals surface area contributed by atoms with Crippen LogP contribution in [-0.4, -0.2) is 30.8 Å². The number of methoxy groups -OCH3 is 1. The fourth-order valence-corrected chi connectivity index (χ4v) is 2.39. The monoisotopic (exact) mass is 386 g/mol. The van der Waals surface area contributed by atoms with Crippen LogP contribution in [0.1, 0.15) is 26.3 Å². The summed E-state index contributed by atoms with van der Waals surface area (Å²) in [6, 6.07) is 13.4. The molecule has 0 saturated heterocycles. The van der Waals surface area contributed by atoms with E-state index in [1.54, 1.807) is 57.2 Å². The van der Waals surface area contributed by atoms with Gasteiger partial charge in [-0.05, 0) is 62.7 Å². The molecule has 0 bridgehead atoms. The number of nitrogens with two attached hydrogens (primary N) is 1. The summed E-state index contributed by atoms with van der Waals surface area (Å²) in [4.78, 5) is 24.0. The van der Waals surface area contributed by atoms with Crippen molar-refractivity contribution < 1.29 is 23.8 Å². The van der Waals surface area contributed by atoms with Gasteiger partial charge in [0, 0.05) is 12.1 Å². The maximum Gasteiger partial charge on any atom is 0.408 e. The Labute approximate surface area is 164 Å². The molecule has 2 rings (SSSR count). The van der Waals surface area contributed by atoms with Crippen molar-refractivity contribution in [1.82, 2.24) is 5.32 Å². The number of nitrogen functional groups attached to an aromatic ring is 1. The highest BCUT2D eigenvalue weighted by molar-refractivity contribution is 5.81. The maximum atomic E-state index is 12.0. The predicted molar refractivity (Wildman–Crippen MR) is 106 cm³/mol. The fourth-order valence-electron chi connectivity index (χ4n) is 2.39. The first-order valence-corrected chi connectivity index (χ1v) is 8.86. The molecule has 7 nitrogen and oxygen atoms in total. The van der Waals surface area contributed by atoms with Crippen molar-refractivity contribution in [3.8, 4) is 11.5 Å². The van der Waals surface area contributed by atoms with E-state index in [1.165, 1.54) is 7.11 Å². The Bertz CT molecular complexity index is 795. The van der Waals surface area contributed by atoms with E-state index in [2.05, 4.69) is 5.32 Å². The van der Waals surface area contributed by atoms with E-state index in [0.29, 0.717) is 17.2 Å². The van der Waals surface area contributed by atoms with E-state index in [9.17, 15) is 9.59 Å². The molecular formula is C21H26N2O5. The number of amides is 1. The summed E-state index contributed by atoms with van der Waals surface area (Å²) in [5, 5.41) is 2.55. The standard InChI is InChI=1S/C21H26N2O5/c1-21(2,3)28-20(25)23-18(19(24)26-4)13-14-5-9-16(10-6-14)27-17-11-7-15(22)8-12-17/h5-12,18H,13,22H2,1-4H3,(H,23,25)/t18-/m1/s1. The van der Waals surface area contributed by atoms with Crippen molar-refractivity contribution >= 4 is 17.7 Å².